The van der Waals surface area contributed by atoms with Crippen LogP contribution in [0.2, 0.25) is 0 Å². The Labute approximate surface area is 118 Å². The van der Waals surface area contributed by atoms with E-state index in [0.29, 0.717) is 5.56 Å². The smallest absolute Gasteiger partial charge is 0.243 e. The van der Waals surface area contributed by atoms with Crippen LogP contribution in [0.1, 0.15) is 12.5 Å². The average Bonchev–Trinajstić information content (AvgIpc) is 2.19. The molecule has 0 saturated carbocycles. The van der Waals surface area contributed by atoms with E-state index in [2.05, 4.69) is 4.72 Å². The van der Waals surface area contributed by atoms with Gasteiger partial charge in [0.25, 0.3) is 0 Å². The maximum Gasteiger partial charge on any atom is 0.243 e. The molecule has 9 heteroatoms. The highest BCUT2D eigenvalue weighted by molar-refractivity contribution is 7.91. The van der Waals surface area contributed by atoms with Crippen molar-refractivity contribution >= 4 is 25.5 Å². The highest BCUT2D eigenvalue weighted by Crippen LogP contribution is 2.21. The van der Waals surface area contributed by atoms with Crippen LogP contribution in [-0.2, 0) is 19.9 Å². The Morgan fingerprint density at radius 2 is 1.85 bits per heavy atom. The third kappa shape index (κ3) is 4.43. The zero-order valence-corrected chi connectivity index (χ0v) is 13.0. The molecule has 3 N–H and O–H groups in total. The van der Waals surface area contributed by atoms with Crippen LogP contribution in [0, 0.1) is 12.7 Å². The number of hydrogen-bond donors (Lipinski definition) is 2. The van der Waals surface area contributed by atoms with Crippen molar-refractivity contribution < 1.29 is 21.2 Å². The van der Waals surface area contributed by atoms with Gasteiger partial charge >= 0.3 is 0 Å². The molecule has 0 heterocycles. The molecule has 1 rings (SSSR count). The second-order valence-electron chi connectivity index (χ2n) is 4.75. The van der Waals surface area contributed by atoms with Gasteiger partial charge in [-0.3, -0.25) is 0 Å². The molecule has 1 aromatic carbocycles. The number of anilines is 1. The number of sulfone groups is 1. The summed E-state index contributed by atoms with van der Waals surface area (Å²) < 4.78 is 62.1. The fourth-order valence-electron chi connectivity index (χ4n) is 1.69. The number of nitrogen functional groups attached to an aromatic ring is 1. The van der Waals surface area contributed by atoms with Gasteiger partial charge in [-0.25, -0.2) is 25.9 Å². The van der Waals surface area contributed by atoms with Gasteiger partial charge in [0.1, 0.15) is 20.5 Å². The van der Waals surface area contributed by atoms with E-state index in [1.807, 2.05) is 0 Å². The summed E-state index contributed by atoms with van der Waals surface area (Å²) in [6.45, 7) is 2.93. The minimum absolute atomic E-state index is 0.141. The van der Waals surface area contributed by atoms with E-state index in [4.69, 9.17) is 5.73 Å². The number of nitrogens with two attached hydrogens (primary N) is 1. The largest absolute Gasteiger partial charge is 0.398 e. The Bertz CT molecular complexity index is 714. The first-order valence-electron chi connectivity index (χ1n) is 5.68. The lowest BCUT2D eigenvalue weighted by Gasteiger charge is -2.14. The van der Waals surface area contributed by atoms with Gasteiger partial charge in [0.05, 0.1) is 5.75 Å². The lowest BCUT2D eigenvalue weighted by atomic mass is 10.2. The maximum atomic E-state index is 13.7. The van der Waals surface area contributed by atoms with Crippen LogP contribution in [0.15, 0.2) is 17.0 Å². The molecule has 20 heavy (non-hydrogen) atoms. The molecule has 0 amide bonds. The second-order valence-corrected chi connectivity index (χ2v) is 8.62. The first kappa shape index (κ1) is 16.9. The molecular weight excluding hydrogens is 307 g/mol. The third-order valence-corrected chi connectivity index (χ3v) is 5.23. The Kier molecular flexibility index (Phi) is 4.78. The molecule has 0 aromatic heterocycles. The van der Waals surface area contributed by atoms with E-state index < -0.39 is 36.6 Å². The molecule has 6 nitrogen and oxygen atoms in total. The predicted molar refractivity (Wildman–Crippen MR) is 75.0 cm³/mol. The Morgan fingerprint density at radius 1 is 1.30 bits per heavy atom. The fraction of sp³-hybridized carbons (Fsp3) is 0.455. The van der Waals surface area contributed by atoms with Crippen molar-refractivity contribution in [3.63, 3.8) is 0 Å². The molecule has 0 spiro atoms. The van der Waals surface area contributed by atoms with Crippen molar-refractivity contribution in [3.05, 3.63) is 23.5 Å². The predicted octanol–water partition coefficient (Wildman–Crippen LogP) is 0.428. The molecule has 0 fully saturated rings. The highest BCUT2D eigenvalue weighted by atomic mass is 32.2. The number of aryl methyl sites for hydroxylation is 1. The van der Waals surface area contributed by atoms with Crippen molar-refractivity contribution in [1.29, 1.82) is 0 Å². The third-order valence-electron chi connectivity index (χ3n) is 2.52. The zero-order valence-electron chi connectivity index (χ0n) is 11.3. The Hall–Kier alpha value is -1.19. The fourth-order valence-corrected chi connectivity index (χ4v) is 4.13. The summed E-state index contributed by atoms with van der Waals surface area (Å²) in [7, 11) is -7.52. The van der Waals surface area contributed by atoms with E-state index in [1.54, 1.807) is 6.92 Å². The number of sulfonamides is 1. The minimum Gasteiger partial charge on any atom is -0.398 e. The van der Waals surface area contributed by atoms with E-state index in [-0.39, 0.29) is 11.4 Å². The molecule has 0 aliphatic heterocycles. The summed E-state index contributed by atoms with van der Waals surface area (Å²) in [5.41, 5.74) is 6.13. The van der Waals surface area contributed by atoms with Crippen molar-refractivity contribution in [1.82, 2.24) is 4.72 Å². The minimum atomic E-state index is -4.17. The molecule has 0 saturated heterocycles. The quantitative estimate of drug-likeness (QED) is 0.764. The molecule has 1 atom stereocenters. The van der Waals surface area contributed by atoms with E-state index in [0.717, 1.165) is 18.4 Å². The molecule has 1 aromatic rings. The van der Waals surface area contributed by atoms with E-state index >= 15 is 0 Å². The van der Waals surface area contributed by atoms with Gasteiger partial charge in [-0.15, -0.1) is 0 Å². The summed E-state index contributed by atoms with van der Waals surface area (Å²) in [4.78, 5) is -0.596. The van der Waals surface area contributed by atoms with Gasteiger partial charge in [0, 0.05) is 18.0 Å². The van der Waals surface area contributed by atoms with Crippen LogP contribution in [0.4, 0.5) is 10.1 Å². The van der Waals surface area contributed by atoms with E-state index in [1.165, 1.54) is 6.92 Å². The van der Waals surface area contributed by atoms with Crippen LogP contribution in [0.25, 0.3) is 0 Å². The first-order chi connectivity index (χ1) is 8.92. The lowest BCUT2D eigenvalue weighted by molar-refractivity contribution is 0.547. The standard InChI is InChI=1S/C11H17FN2O4S2/c1-7-4-9(12)11(5-10(7)13)20(17,18)14-8(2)6-19(3,15)16/h4-5,8,14H,6,13H2,1-3H3. The average molecular weight is 324 g/mol. The van der Waals surface area contributed by atoms with Crippen molar-refractivity contribution in [2.45, 2.75) is 24.8 Å². The van der Waals surface area contributed by atoms with Crippen LogP contribution in [-0.4, -0.2) is 34.9 Å². The van der Waals surface area contributed by atoms with Crippen molar-refractivity contribution in [3.8, 4) is 0 Å². The molecule has 114 valence electrons. The zero-order chi connectivity index (χ0) is 15.7. The molecule has 0 bridgehead atoms. The first-order valence-corrected chi connectivity index (χ1v) is 9.22. The SMILES string of the molecule is Cc1cc(F)c(S(=O)(=O)NC(C)CS(C)(=O)=O)cc1N. The topological polar surface area (TPSA) is 106 Å². The summed E-state index contributed by atoms with van der Waals surface area (Å²) >= 11 is 0. The molecule has 1 unspecified atom stereocenters. The number of benzene rings is 1. The molecule has 0 aliphatic rings. The van der Waals surface area contributed by atoms with Crippen LogP contribution < -0.4 is 10.5 Å². The molecule has 0 radical (unpaired) electrons. The number of nitrogens with one attached hydrogen (secondary N) is 1. The highest BCUT2D eigenvalue weighted by Gasteiger charge is 2.24. The normalized spacial score (nSPS) is 14.2. The van der Waals surface area contributed by atoms with Crippen LogP contribution in [0.3, 0.4) is 0 Å². The Morgan fingerprint density at radius 3 is 2.35 bits per heavy atom. The number of halogens is 1. The summed E-state index contributed by atoms with van der Waals surface area (Å²) in [5.74, 6) is -1.31. The second kappa shape index (κ2) is 5.66. The van der Waals surface area contributed by atoms with Gasteiger partial charge in [0.15, 0.2) is 0 Å². The Balaban J connectivity index is 3.09. The summed E-state index contributed by atoms with van der Waals surface area (Å²) in [6, 6.07) is 1.16. The summed E-state index contributed by atoms with van der Waals surface area (Å²) in [6.07, 6.45) is 0.988. The molecule has 0 aliphatic carbocycles. The van der Waals surface area contributed by atoms with Gasteiger partial charge in [-0.1, -0.05) is 0 Å². The number of rotatable bonds is 5. The summed E-state index contributed by atoms with van der Waals surface area (Å²) in [5, 5.41) is 0. The maximum absolute atomic E-state index is 13.7. The van der Waals surface area contributed by atoms with E-state index in [9.17, 15) is 21.2 Å². The van der Waals surface area contributed by atoms with Crippen molar-refractivity contribution in [2.75, 3.05) is 17.7 Å². The van der Waals surface area contributed by atoms with Gasteiger partial charge in [-0.2, -0.15) is 0 Å². The lowest BCUT2D eigenvalue weighted by Crippen LogP contribution is -2.37. The van der Waals surface area contributed by atoms with Crippen LogP contribution in [0.5, 0.6) is 0 Å². The van der Waals surface area contributed by atoms with Gasteiger partial charge < -0.3 is 5.73 Å². The number of hydrogen-bond acceptors (Lipinski definition) is 5. The van der Waals surface area contributed by atoms with Gasteiger partial charge in [0.2, 0.25) is 10.0 Å². The van der Waals surface area contributed by atoms with Gasteiger partial charge in [-0.05, 0) is 31.5 Å². The van der Waals surface area contributed by atoms with Crippen LogP contribution >= 0.6 is 0 Å². The van der Waals surface area contributed by atoms with Crippen molar-refractivity contribution in [2.24, 2.45) is 0 Å². The monoisotopic (exact) mass is 324 g/mol. The molecular formula is C11H17FN2O4S2.